The third-order valence-electron chi connectivity index (χ3n) is 5.46. The lowest BCUT2D eigenvalue weighted by Crippen LogP contribution is -2.53. The van der Waals surface area contributed by atoms with E-state index in [4.69, 9.17) is 0 Å². The Hall–Kier alpha value is -1.72. The van der Waals surface area contributed by atoms with E-state index in [1.54, 1.807) is 6.20 Å². The summed E-state index contributed by atoms with van der Waals surface area (Å²) >= 11 is 1.88. The molecule has 0 saturated carbocycles. The zero-order valence-corrected chi connectivity index (χ0v) is 14.8. The molecule has 1 N–H and O–H groups in total. The first-order chi connectivity index (χ1) is 11.6. The summed E-state index contributed by atoms with van der Waals surface area (Å²) in [4.78, 5) is 21.7. The molecule has 2 aliphatic rings. The minimum atomic E-state index is -0.0814. The van der Waals surface area contributed by atoms with Crippen molar-refractivity contribution in [2.75, 3.05) is 13.1 Å². The quantitative estimate of drug-likeness (QED) is 0.933. The van der Waals surface area contributed by atoms with Crippen molar-refractivity contribution in [2.24, 2.45) is 0 Å². The van der Waals surface area contributed by atoms with E-state index < -0.39 is 0 Å². The summed E-state index contributed by atoms with van der Waals surface area (Å²) in [5.41, 5.74) is 1.11. The Morgan fingerprint density at radius 3 is 2.83 bits per heavy atom. The smallest absolute Gasteiger partial charge is 0.221 e. The molecule has 4 nitrogen and oxygen atoms in total. The second-order valence-electron chi connectivity index (χ2n) is 7.04. The Bertz CT molecular complexity index is 719. The topological polar surface area (TPSA) is 45.2 Å². The number of amides is 1. The highest BCUT2D eigenvalue weighted by atomic mass is 32.1. The molecule has 2 aromatic heterocycles. The fourth-order valence-electron chi connectivity index (χ4n) is 4.19. The molecular formula is C19H23N3OS. The van der Waals surface area contributed by atoms with E-state index in [0.717, 1.165) is 32.5 Å². The maximum Gasteiger partial charge on any atom is 0.221 e. The van der Waals surface area contributed by atoms with Crippen molar-refractivity contribution >= 4 is 17.2 Å². The van der Waals surface area contributed by atoms with Crippen LogP contribution in [0.4, 0.5) is 0 Å². The zero-order chi connectivity index (χ0) is 16.6. The Labute approximate surface area is 146 Å². The Kier molecular flexibility index (Phi) is 4.14. The van der Waals surface area contributed by atoms with Crippen LogP contribution in [0.2, 0.25) is 0 Å². The van der Waals surface area contributed by atoms with Crippen LogP contribution in [0.3, 0.4) is 0 Å². The molecular weight excluding hydrogens is 318 g/mol. The van der Waals surface area contributed by atoms with Gasteiger partial charge in [0.2, 0.25) is 5.91 Å². The molecule has 2 saturated heterocycles. The number of likely N-dealkylation sites (tertiary alicyclic amines) is 1. The highest BCUT2D eigenvalue weighted by Gasteiger charge is 2.48. The third-order valence-corrected chi connectivity index (χ3v) is 6.44. The number of carbonyl (C=O) groups excluding carboxylic acids is 1. The van der Waals surface area contributed by atoms with E-state index in [1.165, 1.54) is 15.3 Å². The molecule has 0 radical (unpaired) electrons. The van der Waals surface area contributed by atoms with E-state index in [1.807, 2.05) is 23.6 Å². The van der Waals surface area contributed by atoms with E-state index in [0.29, 0.717) is 6.42 Å². The summed E-state index contributed by atoms with van der Waals surface area (Å²) < 4.78 is 0. The summed E-state index contributed by atoms with van der Waals surface area (Å²) in [6, 6.07) is 8.52. The minimum absolute atomic E-state index is 0.0814. The zero-order valence-electron chi connectivity index (χ0n) is 14.0. The molecule has 4 heterocycles. The third kappa shape index (κ3) is 2.98. The molecule has 1 atom stereocenters. The van der Waals surface area contributed by atoms with Crippen LogP contribution in [-0.2, 0) is 11.3 Å². The van der Waals surface area contributed by atoms with E-state index in [-0.39, 0.29) is 17.4 Å². The molecule has 126 valence electrons. The average Bonchev–Trinajstić information content (AvgIpc) is 3.14. The summed E-state index contributed by atoms with van der Waals surface area (Å²) in [6.07, 6.45) is 6.35. The van der Waals surface area contributed by atoms with Crippen LogP contribution in [0, 0.1) is 6.92 Å². The summed E-state index contributed by atoms with van der Waals surface area (Å²) in [5, 5.41) is 3.32. The number of rotatable bonds is 3. The van der Waals surface area contributed by atoms with Crippen LogP contribution in [0.25, 0.3) is 0 Å². The van der Waals surface area contributed by atoms with Crippen molar-refractivity contribution < 1.29 is 4.79 Å². The summed E-state index contributed by atoms with van der Waals surface area (Å²) in [5.74, 6) is 0.441. The van der Waals surface area contributed by atoms with Crippen LogP contribution in [0.15, 0.2) is 36.7 Å². The van der Waals surface area contributed by atoms with Gasteiger partial charge in [0.1, 0.15) is 0 Å². The van der Waals surface area contributed by atoms with Gasteiger partial charge < -0.3 is 5.32 Å². The molecule has 4 rings (SSSR count). The first-order valence-corrected chi connectivity index (χ1v) is 9.45. The fraction of sp³-hybridized carbons (Fsp3) is 0.474. The van der Waals surface area contributed by atoms with Crippen molar-refractivity contribution in [3.05, 3.63) is 52.0 Å². The molecule has 2 aromatic rings. The largest absolute Gasteiger partial charge is 0.350 e. The van der Waals surface area contributed by atoms with Crippen molar-refractivity contribution in [3.8, 4) is 0 Å². The van der Waals surface area contributed by atoms with Gasteiger partial charge in [0.15, 0.2) is 0 Å². The van der Waals surface area contributed by atoms with Gasteiger partial charge in [-0.2, -0.15) is 0 Å². The predicted octanol–water partition coefficient (Wildman–Crippen LogP) is 3.09. The lowest BCUT2D eigenvalue weighted by Gasteiger charge is -2.42. The van der Waals surface area contributed by atoms with Crippen molar-refractivity contribution in [2.45, 2.75) is 44.2 Å². The van der Waals surface area contributed by atoms with Crippen LogP contribution in [0.1, 0.15) is 40.5 Å². The molecule has 0 bridgehead atoms. The number of aromatic nitrogens is 1. The van der Waals surface area contributed by atoms with Gasteiger partial charge in [0, 0.05) is 59.7 Å². The maximum absolute atomic E-state index is 12.1. The molecule has 1 amide bonds. The fourth-order valence-corrected chi connectivity index (χ4v) is 5.12. The number of thiophene rings is 1. The maximum atomic E-state index is 12.1. The normalized spacial score (nSPS) is 23.5. The van der Waals surface area contributed by atoms with Crippen LogP contribution in [0.5, 0.6) is 0 Å². The van der Waals surface area contributed by atoms with Gasteiger partial charge in [-0.25, -0.2) is 0 Å². The summed E-state index contributed by atoms with van der Waals surface area (Å²) in [6.45, 7) is 5.26. The SMILES string of the molecule is Cc1ccc(CN2CCC3(CC2)NC(=O)C[C@H]3c2cccnc2)s1. The molecule has 2 aliphatic heterocycles. The molecule has 24 heavy (non-hydrogen) atoms. The van der Waals surface area contributed by atoms with Gasteiger partial charge in [0.05, 0.1) is 0 Å². The molecule has 2 fully saturated rings. The number of hydrogen-bond acceptors (Lipinski definition) is 4. The van der Waals surface area contributed by atoms with Gasteiger partial charge in [-0.3, -0.25) is 14.7 Å². The second kappa shape index (κ2) is 6.30. The second-order valence-corrected chi connectivity index (χ2v) is 8.41. The lowest BCUT2D eigenvalue weighted by atomic mass is 9.75. The number of carbonyl (C=O) groups is 1. The first-order valence-electron chi connectivity index (χ1n) is 8.63. The standard InChI is InChI=1S/C19H23N3OS/c1-14-4-5-16(24-14)13-22-9-6-19(7-10-22)17(11-18(23)21-19)15-3-2-8-20-12-15/h2-5,8,12,17H,6-7,9-11,13H2,1H3,(H,21,23)/t17-/m0/s1. The number of pyridine rings is 1. The first kappa shape index (κ1) is 15.8. The number of aryl methyl sites for hydroxylation is 1. The number of hydrogen-bond donors (Lipinski definition) is 1. The molecule has 5 heteroatoms. The molecule has 1 spiro atoms. The Morgan fingerprint density at radius 1 is 1.33 bits per heavy atom. The van der Waals surface area contributed by atoms with Crippen LogP contribution in [-0.4, -0.2) is 34.4 Å². The Balaban J connectivity index is 1.47. The van der Waals surface area contributed by atoms with Crippen molar-refractivity contribution in [1.82, 2.24) is 15.2 Å². The number of piperidine rings is 1. The minimum Gasteiger partial charge on any atom is -0.350 e. The van der Waals surface area contributed by atoms with Gasteiger partial charge in [-0.15, -0.1) is 11.3 Å². The van der Waals surface area contributed by atoms with Crippen molar-refractivity contribution in [3.63, 3.8) is 0 Å². The molecule has 0 unspecified atom stereocenters. The number of nitrogens with zero attached hydrogens (tertiary/aromatic N) is 2. The van der Waals surface area contributed by atoms with E-state index in [9.17, 15) is 4.79 Å². The van der Waals surface area contributed by atoms with E-state index in [2.05, 4.69) is 40.3 Å². The number of nitrogens with one attached hydrogen (secondary N) is 1. The average molecular weight is 341 g/mol. The lowest BCUT2D eigenvalue weighted by molar-refractivity contribution is -0.120. The summed E-state index contributed by atoms with van der Waals surface area (Å²) in [7, 11) is 0. The Morgan fingerprint density at radius 2 is 2.17 bits per heavy atom. The molecule has 0 aliphatic carbocycles. The predicted molar refractivity (Wildman–Crippen MR) is 96.0 cm³/mol. The van der Waals surface area contributed by atoms with Gasteiger partial charge in [0.25, 0.3) is 0 Å². The monoisotopic (exact) mass is 341 g/mol. The van der Waals surface area contributed by atoms with Gasteiger partial charge in [-0.1, -0.05) is 6.07 Å². The molecule has 0 aromatic carbocycles. The van der Waals surface area contributed by atoms with Crippen molar-refractivity contribution in [1.29, 1.82) is 0 Å². The van der Waals surface area contributed by atoms with Crippen LogP contribution >= 0.6 is 11.3 Å². The highest BCUT2D eigenvalue weighted by Crippen LogP contribution is 2.43. The van der Waals surface area contributed by atoms with E-state index >= 15 is 0 Å². The van der Waals surface area contributed by atoms with Gasteiger partial charge >= 0.3 is 0 Å². The highest BCUT2D eigenvalue weighted by molar-refractivity contribution is 7.11. The van der Waals surface area contributed by atoms with Gasteiger partial charge in [-0.05, 0) is 43.5 Å². The van der Waals surface area contributed by atoms with Crippen LogP contribution < -0.4 is 5.32 Å².